The molecule has 10 heteroatoms. The lowest BCUT2D eigenvalue weighted by Gasteiger charge is -2.34. The van der Waals surface area contributed by atoms with Gasteiger partial charge in [0.05, 0.1) is 23.0 Å². The number of hydrogen-bond donors (Lipinski definition) is 0. The number of fused-ring (bicyclic) bond motifs is 1. The van der Waals surface area contributed by atoms with Crippen LogP contribution in [-0.4, -0.2) is 69.5 Å². The lowest BCUT2D eigenvalue weighted by Crippen LogP contribution is -2.49. The van der Waals surface area contributed by atoms with Gasteiger partial charge in [-0.1, -0.05) is 28.7 Å². The molecule has 0 aliphatic carbocycles. The van der Waals surface area contributed by atoms with Crippen molar-refractivity contribution in [3.63, 3.8) is 0 Å². The third-order valence-electron chi connectivity index (χ3n) is 4.51. The molecule has 28 heavy (non-hydrogen) atoms. The lowest BCUT2D eigenvalue weighted by atomic mass is 10.3. The summed E-state index contributed by atoms with van der Waals surface area (Å²) in [7, 11) is 0. The molecule has 1 saturated heterocycles. The molecule has 146 valence electrons. The fraction of sp³-hybridized carbons (Fsp3) is 0.389. The van der Waals surface area contributed by atoms with Gasteiger partial charge in [0.1, 0.15) is 6.54 Å². The van der Waals surface area contributed by atoms with Gasteiger partial charge in [-0.15, -0.1) is 5.10 Å². The van der Waals surface area contributed by atoms with Gasteiger partial charge in [-0.05, 0) is 19.1 Å². The van der Waals surface area contributed by atoms with Crippen LogP contribution in [0.15, 0.2) is 30.5 Å². The SMILES string of the molecule is CCOC(=O)c1cn(CC(=O)N2CCN(c3nc4ccccc4s3)CC2)nn1. The first-order valence-corrected chi connectivity index (χ1v) is 9.91. The molecule has 0 N–H and O–H groups in total. The van der Waals surface area contributed by atoms with Gasteiger partial charge in [0.2, 0.25) is 5.91 Å². The molecule has 0 spiro atoms. The summed E-state index contributed by atoms with van der Waals surface area (Å²) in [5.74, 6) is -0.588. The fourth-order valence-electron chi connectivity index (χ4n) is 3.06. The number of esters is 1. The van der Waals surface area contributed by atoms with Crippen molar-refractivity contribution in [3.8, 4) is 0 Å². The molecule has 0 unspecified atom stereocenters. The second-order valence-electron chi connectivity index (χ2n) is 6.35. The van der Waals surface area contributed by atoms with Crippen LogP contribution in [0.4, 0.5) is 5.13 Å². The van der Waals surface area contributed by atoms with E-state index < -0.39 is 5.97 Å². The Morgan fingerprint density at radius 2 is 1.96 bits per heavy atom. The van der Waals surface area contributed by atoms with Crippen LogP contribution < -0.4 is 4.90 Å². The zero-order valence-electron chi connectivity index (χ0n) is 15.4. The zero-order chi connectivity index (χ0) is 19.5. The van der Waals surface area contributed by atoms with Gasteiger partial charge in [-0.2, -0.15) is 0 Å². The summed E-state index contributed by atoms with van der Waals surface area (Å²) in [6.07, 6.45) is 1.44. The number of carbonyl (C=O) groups is 2. The van der Waals surface area contributed by atoms with Crippen LogP contribution in [0, 0.1) is 0 Å². The van der Waals surface area contributed by atoms with Gasteiger partial charge in [0.15, 0.2) is 10.8 Å². The minimum absolute atomic E-state index is 0.0491. The molecule has 0 atom stereocenters. The van der Waals surface area contributed by atoms with Crippen LogP contribution in [0.2, 0.25) is 0 Å². The van der Waals surface area contributed by atoms with Gasteiger partial charge >= 0.3 is 5.97 Å². The fourth-order valence-corrected chi connectivity index (χ4v) is 4.07. The molecule has 2 aromatic heterocycles. The monoisotopic (exact) mass is 400 g/mol. The Labute approximate surface area is 165 Å². The molecule has 3 heterocycles. The van der Waals surface area contributed by atoms with Crippen molar-refractivity contribution >= 4 is 38.6 Å². The smallest absolute Gasteiger partial charge is 0.360 e. The summed E-state index contributed by atoms with van der Waals surface area (Å²) in [5.41, 5.74) is 1.11. The first-order valence-electron chi connectivity index (χ1n) is 9.09. The quantitative estimate of drug-likeness (QED) is 0.598. The summed E-state index contributed by atoms with van der Waals surface area (Å²) in [6, 6.07) is 8.08. The van der Waals surface area contributed by atoms with Crippen molar-refractivity contribution in [2.45, 2.75) is 13.5 Å². The Kier molecular flexibility index (Phi) is 5.20. The largest absolute Gasteiger partial charge is 0.461 e. The number of piperazine rings is 1. The Morgan fingerprint density at radius 3 is 2.71 bits per heavy atom. The van der Waals surface area contributed by atoms with E-state index in [-0.39, 0.29) is 24.8 Å². The molecule has 1 amide bonds. The summed E-state index contributed by atoms with van der Waals surface area (Å²) in [6.45, 7) is 4.74. The second-order valence-corrected chi connectivity index (χ2v) is 7.36. The Morgan fingerprint density at radius 1 is 1.18 bits per heavy atom. The predicted octanol–water partition coefficient (Wildman–Crippen LogP) is 1.41. The number of amides is 1. The van der Waals surface area contributed by atoms with Crippen molar-refractivity contribution in [1.82, 2.24) is 24.9 Å². The van der Waals surface area contributed by atoms with Crippen LogP contribution in [-0.2, 0) is 16.1 Å². The summed E-state index contributed by atoms with van der Waals surface area (Å²) >= 11 is 1.67. The highest BCUT2D eigenvalue weighted by molar-refractivity contribution is 7.22. The van der Waals surface area contributed by atoms with Gasteiger partial charge < -0.3 is 14.5 Å². The van der Waals surface area contributed by atoms with E-state index in [4.69, 9.17) is 4.74 Å². The van der Waals surface area contributed by atoms with Crippen molar-refractivity contribution in [3.05, 3.63) is 36.2 Å². The van der Waals surface area contributed by atoms with E-state index in [1.165, 1.54) is 15.6 Å². The maximum atomic E-state index is 12.5. The van der Waals surface area contributed by atoms with E-state index in [0.29, 0.717) is 13.1 Å². The van der Waals surface area contributed by atoms with Crippen LogP contribution in [0.3, 0.4) is 0 Å². The van der Waals surface area contributed by atoms with Crippen molar-refractivity contribution in [2.24, 2.45) is 0 Å². The summed E-state index contributed by atoms with van der Waals surface area (Å²) < 4.78 is 7.41. The minimum Gasteiger partial charge on any atom is -0.461 e. The normalized spacial score (nSPS) is 14.5. The maximum absolute atomic E-state index is 12.5. The number of aromatic nitrogens is 4. The van der Waals surface area contributed by atoms with E-state index in [1.807, 2.05) is 18.2 Å². The number of anilines is 1. The molecule has 1 aromatic carbocycles. The molecule has 0 bridgehead atoms. The topological polar surface area (TPSA) is 93.5 Å². The predicted molar refractivity (Wildman–Crippen MR) is 104 cm³/mol. The van der Waals surface area contributed by atoms with Crippen molar-refractivity contribution in [1.29, 1.82) is 0 Å². The van der Waals surface area contributed by atoms with Crippen LogP contribution in [0.25, 0.3) is 10.2 Å². The zero-order valence-corrected chi connectivity index (χ0v) is 16.3. The van der Waals surface area contributed by atoms with Gasteiger partial charge in [-0.25, -0.2) is 14.5 Å². The summed E-state index contributed by atoms with van der Waals surface area (Å²) in [5, 5.41) is 8.59. The number of ether oxygens (including phenoxy) is 1. The van der Waals surface area contributed by atoms with Gasteiger partial charge in [0.25, 0.3) is 0 Å². The first kappa shape index (κ1) is 18.4. The first-order chi connectivity index (χ1) is 13.6. The van der Waals surface area contributed by atoms with Crippen molar-refractivity contribution < 1.29 is 14.3 Å². The van der Waals surface area contributed by atoms with E-state index in [1.54, 1.807) is 23.2 Å². The Hall–Kier alpha value is -3.01. The van der Waals surface area contributed by atoms with Crippen LogP contribution in [0.1, 0.15) is 17.4 Å². The summed E-state index contributed by atoms with van der Waals surface area (Å²) in [4.78, 5) is 32.9. The number of hydrogen-bond acceptors (Lipinski definition) is 8. The molecule has 1 fully saturated rings. The lowest BCUT2D eigenvalue weighted by molar-refractivity contribution is -0.132. The molecular weight excluding hydrogens is 380 g/mol. The third kappa shape index (κ3) is 3.81. The van der Waals surface area contributed by atoms with Gasteiger partial charge in [-0.3, -0.25) is 4.79 Å². The number of thiazole rings is 1. The molecule has 0 saturated carbocycles. The van der Waals surface area contributed by atoms with E-state index in [0.717, 1.165) is 23.7 Å². The molecule has 4 rings (SSSR count). The molecule has 0 radical (unpaired) electrons. The molecular formula is C18H20N6O3S. The van der Waals surface area contributed by atoms with Crippen LogP contribution >= 0.6 is 11.3 Å². The molecule has 1 aliphatic heterocycles. The number of benzene rings is 1. The van der Waals surface area contributed by atoms with Gasteiger partial charge in [0, 0.05) is 26.2 Å². The molecule has 9 nitrogen and oxygen atoms in total. The van der Waals surface area contributed by atoms with E-state index >= 15 is 0 Å². The minimum atomic E-state index is -0.536. The molecule has 1 aliphatic rings. The number of nitrogens with zero attached hydrogens (tertiary/aromatic N) is 6. The van der Waals surface area contributed by atoms with E-state index in [9.17, 15) is 9.59 Å². The highest BCUT2D eigenvalue weighted by atomic mass is 32.1. The average Bonchev–Trinajstić information content (AvgIpc) is 3.35. The number of rotatable bonds is 5. The Balaban J connectivity index is 1.33. The highest BCUT2D eigenvalue weighted by Gasteiger charge is 2.24. The van der Waals surface area contributed by atoms with Crippen molar-refractivity contribution in [2.75, 3.05) is 37.7 Å². The number of para-hydroxylation sites is 1. The average molecular weight is 400 g/mol. The maximum Gasteiger partial charge on any atom is 0.360 e. The third-order valence-corrected chi connectivity index (χ3v) is 5.60. The Bertz CT molecular complexity index is 959. The standard InChI is InChI=1S/C18H20N6O3S/c1-2-27-17(26)14-11-24(21-20-14)12-16(25)22-7-9-23(10-8-22)18-19-13-5-3-4-6-15(13)28-18/h3-6,11H,2,7-10,12H2,1H3. The molecule has 3 aromatic rings. The number of carbonyl (C=O) groups excluding carboxylic acids is 2. The highest BCUT2D eigenvalue weighted by Crippen LogP contribution is 2.29. The van der Waals surface area contributed by atoms with Crippen LogP contribution in [0.5, 0.6) is 0 Å². The second kappa shape index (κ2) is 7.93. The van der Waals surface area contributed by atoms with E-state index in [2.05, 4.69) is 26.3 Å².